The number of hydrogen-bond donors (Lipinski definition) is 3. The van der Waals surface area contributed by atoms with E-state index in [9.17, 15) is 19.2 Å². The van der Waals surface area contributed by atoms with E-state index in [0.717, 1.165) is 12.8 Å². The van der Waals surface area contributed by atoms with Crippen LogP contribution in [0.15, 0.2) is 48.5 Å². The number of nitrogens with zero attached hydrogens (tertiary/aromatic N) is 2. The molecule has 1 heterocycles. The number of hydrogen-bond acceptors (Lipinski definition) is 5. The number of nitrogens with one attached hydrogen (secondary N) is 3. The third-order valence-electron chi connectivity index (χ3n) is 6.59. The van der Waals surface area contributed by atoms with Gasteiger partial charge in [0.25, 0.3) is 5.91 Å². The highest BCUT2D eigenvalue weighted by molar-refractivity contribution is 6.15. The zero-order valence-corrected chi connectivity index (χ0v) is 20.1. The summed E-state index contributed by atoms with van der Waals surface area (Å²) in [4.78, 5) is 54.0. The van der Waals surface area contributed by atoms with Crippen LogP contribution in [-0.2, 0) is 19.2 Å². The van der Waals surface area contributed by atoms with Gasteiger partial charge in [0.1, 0.15) is 5.54 Å². The Balaban J connectivity index is 1.45. The molecule has 0 bridgehead atoms. The number of likely N-dealkylation sites (N-methyl/N-ethyl adjacent to an activating group) is 1. The van der Waals surface area contributed by atoms with Crippen LogP contribution in [0, 0.1) is 0 Å². The van der Waals surface area contributed by atoms with Crippen LogP contribution >= 0.6 is 0 Å². The molecular formula is C26H31N5O4. The van der Waals surface area contributed by atoms with Gasteiger partial charge in [0, 0.05) is 18.3 Å². The largest absolute Gasteiger partial charge is 0.326 e. The van der Waals surface area contributed by atoms with E-state index in [1.807, 2.05) is 25.1 Å². The van der Waals surface area contributed by atoms with Gasteiger partial charge in [0.05, 0.1) is 24.5 Å². The summed E-state index contributed by atoms with van der Waals surface area (Å²) in [6.45, 7) is 3.87. The molecule has 1 saturated carbocycles. The number of amides is 4. The van der Waals surface area contributed by atoms with Crippen LogP contribution in [-0.4, -0.2) is 53.7 Å². The molecule has 4 amide bonds. The number of carbonyl (C=O) groups is 4. The van der Waals surface area contributed by atoms with Crippen LogP contribution in [0.4, 0.5) is 22.7 Å². The lowest BCUT2D eigenvalue weighted by molar-refractivity contribution is -0.128. The molecule has 9 heteroatoms. The van der Waals surface area contributed by atoms with Gasteiger partial charge in [-0.25, -0.2) is 0 Å². The van der Waals surface area contributed by atoms with Gasteiger partial charge < -0.3 is 16.0 Å². The fourth-order valence-corrected chi connectivity index (χ4v) is 4.91. The molecule has 184 valence electrons. The minimum Gasteiger partial charge on any atom is -0.326 e. The highest BCUT2D eigenvalue weighted by Gasteiger charge is 2.52. The summed E-state index contributed by atoms with van der Waals surface area (Å²) < 4.78 is 0. The molecule has 0 aromatic heterocycles. The second-order valence-electron chi connectivity index (χ2n) is 9.05. The van der Waals surface area contributed by atoms with Crippen molar-refractivity contribution in [3.63, 3.8) is 0 Å². The van der Waals surface area contributed by atoms with Crippen molar-refractivity contribution in [3.05, 3.63) is 48.5 Å². The molecule has 3 N–H and O–H groups in total. The maximum atomic E-state index is 13.6. The van der Waals surface area contributed by atoms with Gasteiger partial charge in [0.2, 0.25) is 17.7 Å². The van der Waals surface area contributed by atoms with Crippen molar-refractivity contribution in [1.29, 1.82) is 0 Å². The van der Waals surface area contributed by atoms with Crippen molar-refractivity contribution >= 4 is 46.4 Å². The highest BCUT2D eigenvalue weighted by atomic mass is 16.2. The van der Waals surface area contributed by atoms with Crippen molar-refractivity contribution in [3.8, 4) is 0 Å². The molecule has 1 aliphatic carbocycles. The minimum atomic E-state index is -0.872. The normalized spacial score (nSPS) is 16.1. The average molecular weight is 478 g/mol. The topological polar surface area (TPSA) is 111 Å². The summed E-state index contributed by atoms with van der Waals surface area (Å²) in [7, 11) is 0. The lowest BCUT2D eigenvalue weighted by Gasteiger charge is -2.45. The van der Waals surface area contributed by atoms with Gasteiger partial charge >= 0.3 is 0 Å². The summed E-state index contributed by atoms with van der Waals surface area (Å²) in [6, 6.07) is 14.2. The molecule has 1 spiro atoms. The minimum absolute atomic E-state index is 0.0226. The Labute approximate surface area is 204 Å². The van der Waals surface area contributed by atoms with E-state index in [-0.39, 0.29) is 36.7 Å². The van der Waals surface area contributed by atoms with Gasteiger partial charge in [-0.2, -0.15) is 0 Å². The molecule has 2 aromatic rings. The Bertz CT molecular complexity index is 1120. The summed E-state index contributed by atoms with van der Waals surface area (Å²) in [5, 5.41) is 8.49. The third-order valence-corrected chi connectivity index (χ3v) is 6.59. The summed E-state index contributed by atoms with van der Waals surface area (Å²) in [6.07, 6.45) is 3.03. The first-order valence-electron chi connectivity index (χ1n) is 12.0. The van der Waals surface area contributed by atoms with Crippen LogP contribution in [0.2, 0.25) is 0 Å². The van der Waals surface area contributed by atoms with Crippen LogP contribution in [0.25, 0.3) is 0 Å². The van der Waals surface area contributed by atoms with Crippen molar-refractivity contribution in [2.45, 2.75) is 45.1 Å². The summed E-state index contributed by atoms with van der Waals surface area (Å²) >= 11 is 0. The first kappa shape index (κ1) is 24.4. The van der Waals surface area contributed by atoms with E-state index >= 15 is 0 Å². The van der Waals surface area contributed by atoms with Crippen LogP contribution in [0.1, 0.15) is 39.5 Å². The highest BCUT2D eigenvalue weighted by Crippen LogP contribution is 2.45. The van der Waals surface area contributed by atoms with E-state index in [1.165, 1.54) is 6.92 Å². The number of benzene rings is 2. The number of anilines is 4. The molecule has 35 heavy (non-hydrogen) atoms. The Morgan fingerprint density at radius 3 is 2.23 bits per heavy atom. The van der Waals surface area contributed by atoms with Gasteiger partial charge in [-0.05, 0) is 55.8 Å². The molecule has 1 fully saturated rings. The molecule has 0 atom stereocenters. The van der Waals surface area contributed by atoms with E-state index in [2.05, 4.69) is 16.0 Å². The number of carbonyl (C=O) groups excluding carboxylic acids is 4. The number of fused-ring (bicyclic) bond motifs is 1. The van der Waals surface area contributed by atoms with E-state index in [4.69, 9.17) is 0 Å². The third kappa shape index (κ3) is 5.19. The quantitative estimate of drug-likeness (QED) is 0.567. The zero-order chi connectivity index (χ0) is 25.0. The van der Waals surface area contributed by atoms with Crippen LogP contribution in [0.5, 0.6) is 0 Å². The fourth-order valence-electron chi connectivity index (χ4n) is 4.91. The van der Waals surface area contributed by atoms with Crippen molar-refractivity contribution in [2.75, 3.05) is 40.5 Å². The Hall–Kier alpha value is -3.72. The van der Waals surface area contributed by atoms with E-state index in [0.29, 0.717) is 42.1 Å². The average Bonchev–Trinajstić information content (AvgIpc) is 3.30. The maximum Gasteiger partial charge on any atom is 0.250 e. The lowest BCUT2D eigenvalue weighted by atomic mass is 9.89. The van der Waals surface area contributed by atoms with Gasteiger partial charge in [0.15, 0.2) is 0 Å². The molecule has 1 aliphatic heterocycles. The zero-order valence-electron chi connectivity index (χ0n) is 20.1. The predicted octanol–water partition coefficient (Wildman–Crippen LogP) is 3.20. The fraction of sp³-hybridized carbons (Fsp3) is 0.385. The van der Waals surface area contributed by atoms with Crippen molar-refractivity contribution in [2.24, 2.45) is 0 Å². The molecule has 2 aliphatic rings. The van der Waals surface area contributed by atoms with Crippen molar-refractivity contribution < 1.29 is 19.2 Å². The van der Waals surface area contributed by atoms with Gasteiger partial charge in [-0.1, -0.05) is 31.9 Å². The molecule has 2 aromatic carbocycles. The van der Waals surface area contributed by atoms with Gasteiger partial charge in [-0.3, -0.25) is 29.0 Å². The first-order valence-corrected chi connectivity index (χ1v) is 12.0. The van der Waals surface area contributed by atoms with Crippen LogP contribution in [0.3, 0.4) is 0 Å². The molecule has 0 saturated heterocycles. The Morgan fingerprint density at radius 2 is 1.60 bits per heavy atom. The summed E-state index contributed by atoms with van der Waals surface area (Å²) in [5.41, 5.74) is 1.70. The van der Waals surface area contributed by atoms with Crippen LogP contribution < -0.4 is 20.9 Å². The molecule has 0 unspecified atom stereocenters. The Kier molecular flexibility index (Phi) is 7.16. The van der Waals surface area contributed by atoms with Gasteiger partial charge in [-0.15, -0.1) is 0 Å². The van der Waals surface area contributed by atoms with E-state index < -0.39 is 5.54 Å². The lowest BCUT2D eigenvalue weighted by Crippen LogP contribution is -2.62. The maximum absolute atomic E-state index is 13.6. The second kappa shape index (κ2) is 10.3. The monoisotopic (exact) mass is 477 g/mol. The molecule has 4 rings (SSSR count). The standard InChI is InChI=1S/C26H31N5O4/c1-3-30(16-23(33)28-20-12-10-19(11-13-20)27-18(2)32)17-24(34)31-22-9-5-4-8-21(22)29-25(35)26(31)14-6-7-15-26/h4-5,8-13H,3,6-7,14-17H2,1-2H3,(H,27,32)(H,28,33)(H,29,35). The molecular weight excluding hydrogens is 446 g/mol. The number of rotatable bonds is 7. The SMILES string of the molecule is CCN(CC(=O)Nc1ccc(NC(C)=O)cc1)CC(=O)N1c2ccccc2NC(=O)C12CCCC2. The van der Waals surface area contributed by atoms with E-state index in [1.54, 1.807) is 40.1 Å². The smallest absolute Gasteiger partial charge is 0.250 e. The Morgan fingerprint density at radius 1 is 0.971 bits per heavy atom. The number of para-hydroxylation sites is 2. The molecule has 9 nitrogen and oxygen atoms in total. The predicted molar refractivity (Wildman–Crippen MR) is 135 cm³/mol. The summed E-state index contributed by atoms with van der Waals surface area (Å²) in [5.74, 6) is -0.744. The molecule has 0 radical (unpaired) electrons. The first-order chi connectivity index (χ1) is 16.8. The van der Waals surface area contributed by atoms with Crippen molar-refractivity contribution in [1.82, 2.24) is 4.90 Å². The second-order valence-corrected chi connectivity index (χ2v) is 9.05.